The molecular formula is C13H21N3O2. The van der Waals surface area contributed by atoms with Gasteiger partial charge >= 0.3 is 0 Å². The maximum atomic E-state index is 10.8. The van der Waals surface area contributed by atoms with Crippen molar-refractivity contribution in [1.82, 2.24) is 4.98 Å². The van der Waals surface area contributed by atoms with E-state index in [1.54, 1.807) is 6.92 Å². The van der Waals surface area contributed by atoms with Crippen molar-refractivity contribution in [2.24, 2.45) is 5.92 Å². The van der Waals surface area contributed by atoms with Crippen LogP contribution in [0.1, 0.15) is 39.2 Å². The number of nitrogens with zero attached hydrogens (tertiary/aromatic N) is 2. The molecule has 5 heteroatoms. The number of hydrogen-bond donors (Lipinski definition) is 1. The van der Waals surface area contributed by atoms with Crippen LogP contribution in [-0.4, -0.2) is 15.9 Å². The van der Waals surface area contributed by atoms with Crippen LogP contribution in [0.15, 0.2) is 12.3 Å². The van der Waals surface area contributed by atoms with E-state index in [1.807, 2.05) is 0 Å². The molecule has 0 aliphatic rings. The summed E-state index contributed by atoms with van der Waals surface area (Å²) in [5.41, 5.74) is 0.698. The minimum Gasteiger partial charge on any atom is -0.367 e. The van der Waals surface area contributed by atoms with E-state index in [0.29, 0.717) is 17.3 Å². The minimum absolute atomic E-state index is 0.114. The van der Waals surface area contributed by atoms with E-state index in [1.165, 1.54) is 12.3 Å². The lowest BCUT2D eigenvalue weighted by Gasteiger charge is -2.15. The minimum atomic E-state index is -0.374. The molecule has 0 spiro atoms. The van der Waals surface area contributed by atoms with E-state index >= 15 is 0 Å². The van der Waals surface area contributed by atoms with Gasteiger partial charge in [0.1, 0.15) is 5.82 Å². The van der Waals surface area contributed by atoms with Crippen molar-refractivity contribution in [3.8, 4) is 0 Å². The molecule has 1 aromatic heterocycles. The standard InChI is InChI=1S/C13H21N3O2/c1-9(2)5-6-11(4)15-13-7-12(16(17)18)10(3)8-14-13/h7-9,11H,5-6H2,1-4H3,(H,14,15). The molecule has 1 aromatic rings. The summed E-state index contributed by atoms with van der Waals surface area (Å²) in [6, 6.07) is 1.77. The zero-order valence-electron chi connectivity index (χ0n) is 11.4. The summed E-state index contributed by atoms with van der Waals surface area (Å²) < 4.78 is 0. The van der Waals surface area contributed by atoms with E-state index in [9.17, 15) is 10.1 Å². The normalized spacial score (nSPS) is 12.5. The Morgan fingerprint density at radius 2 is 2.06 bits per heavy atom. The molecule has 0 amide bonds. The van der Waals surface area contributed by atoms with Crippen molar-refractivity contribution in [2.45, 2.75) is 46.6 Å². The van der Waals surface area contributed by atoms with Gasteiger partial charge in [0.05, 0.1) is 11.0 Å². The van der Waals surface area contributed by atoms with Gasteiger partial charge in [0, 0.05) is 17.8 Å². The van der Waals surface area contributed by atoms with Crippen molar-refractivity contribution in [3.05, 3.63) is 27.9 Å². The highest BCUT2D eigenvalue weighted by molar-refractivity contribution is 5.49. The molecule has 18 heavy (non-hydrogen) atoms. The highest BCUT2D eigenvalue weighted by Gasteiger charge is 2.13. The van der Waals surface area contributed by atoms with E-state index in [-0.39, 0.29) is 16.7 Å². The van der Waals surface area contributed by atoms with Crippen LogP contribution < -0.4 is 5.32 Å². The Hall–Kier alpha value is -1.65. The molecule has 100 valence electrons. The molecule has 0 aromatic carbocycles. The molecule has 1 unspecified atom stereocenters. The molecule has 1 atom stereocenters. The number of nitrogens with one attached hydrogen (secondary N) is 1. The molecule has 1 rings (SSSR count). The second-order valence-electron chi connectivity index (χ2n) is 5.13. The van der Waals surface area contributed by atoms with Crippen LogP contribution in [0.4, 0.5) is 11.5 Å². The van der Waals surface area contributed by atoms with Crippen molar-refractivity contribution < 1.29 is 4.92 Å². The van der Waals surface area contributed by atoms with Crippen molar-refractivity contribution >= 4 is 11.5 Å². The van der Waals surface area contributed by atoms with Gasteiger partial charge in [-0.15, -0.1) is 0 Å². The topological polar surface area (TPSA) is 68.1 Å². The van der Waals surface area contributed by atoms with Gasteiger partial charge in [0.2, 0.25) is 0 Å². The lowest BCUT2D eigenvalue weighted by Crippen LogP contribution is -2.16. The Labute approximate surface area is 108 Å². The highest BCUT2D eigenvalue weighted by atomic mass is 16.6. The van der Waals surface area contributed by atoms with Crippen molar-refractivity contribution in [2.75, 3.05) is 5.32 Å². The van der Waals surface area contributed by atoms with Crippen molar-refractivity contribution in [3.63, 3.8) is 0 Å². The number of anilines is 1. The van der Waals surface area contributed by atoms with E-state index in [2.05, 4.69) is 31.1 Å². The van der Waals surface area contributed by atoms with Crippen LogP contribution in [0.25, 0.3) is 0 Å². The van der Waals surface area contributed by atoms with E-state index in [0.717, 1.165) is 12.8 Å². The van der Waals surface area contributed by atoms with E-state index < -0.39 is 0 Å². The summed E-state index contributed by atoms with van der Waals surface area (Å²) in [4.78, 5) is 14.6. The lowest BCUT2D eigenvalue weighted by molar-refractivity contribution is -0.385. The number of pyridine rings is 1. The van der Waals surface area contributed by atoms with Crippen LogP contribution >= 0.6 is 0 Å². The van der Waals surface area contributed by atoms with Crippen LogP contribution in [-0.2, 0) is 0 Å². The molecule has 0 aliphatic carbocycles. The lowest BCUT2D eigenvalue weighted by atomic mass is 10.0. The molecule has 0 fully saturated rings. The average molecular weight is 251 g/mol. The summed E-state index contributed by atoms with van der Waals surface area (Å²) in [5, 5.41) is 14.0. The molecule has 0 aliphatic heterocycles. The molecule has 1 N–H and O–H groups in total. The quantitative estimate of drug-likeness (QED) is 0.620. The number of hydrogen-bond acceptors (Lipinski definition) is 4. The summed E-state index contributed by atoms with van der Waals surface area (Å²) >= 11 is 0. The maximum Gasteiger partial charge on any atom is 0.277 e. The number of rotatable bonds is 6. The Balaban J connectivity index is 2.67. The van der Waals surface area contributed by atoms with Gasteiger partial charge in [-0.25, -0.2) is 4.98 Å². The largest absolute Gasteiger partial charge is 0.367 e. The number of aryl methyl sites for hydroxylation is 1. The highest BCUT2D eigenvalue weighted by Crippen LogP contribution is 2.21. The number of nitro groups is 1. The zero-order chi connectivity index (χ0) is 13.7. The first kappa shape index (κ1) is 14.4. The summed E-state index contributed by atoms with van der Waals surface area (Å²) in [7, 11) is 0. The zero-order valence-corrected chi connectivity index (χ0v) is 11.4. The molecule has 0 saturated carbocycles. The Morgan fingerprint density at radius 1 is 1.39 bits per heavy atom. The molecule has 5 nitrogen and oxygen atoms in total. The average Bonchev–Trinajstić information content (AvgIpc) is 2.28. The van der Waals surface area contributed by atoms with Gasteiger partial charge in [-0.05, 0) is 32.6 Å². The fourth-order valence-electron chi connectivity index (χ4n) is 1.70. The Morgan fingerprint density at radius 3 is 2.61 bits per heavy atom. The second kappa shape index (κ2) is 6.33. The molecule has 0 saturated heterocycles. The van der Waals surface area contributed by atoms with Crippen LogP contribution in [0, 0.1) is 23.0 Å². The third-order valence-electron chi connectivity index (χ3n) is 2.84. The first-order valence-electron chi connectivity index (χ1n) is 6.27. The number of aromatic nitrogens is 1. The van der Waals surface area contributed by atoms with E-state index in [4.69, 9.17) is 0 Å². The van der Waals surface area contributed by atoms with Crippen LogP contribution in [0.3, 0.4) is 0 Å². The first-order chi connectivity index (χ1) is 8.40. The van der Waals surface area contributed by atoms with Crippen LogP contribution in [0.2, 0.25) is 0 Å². The fraction of sp³-hybridized carbons (Fsp3) is 0.615. The first-order valence-corrected chi connectivity index (χ1v) is 6.27. The predicted molar refractivity (Wildman–Crippen MR) is 72.8 cm³/mol. The van der Waals surface area contributed by atoms with Gasteiger partial charge in [-0.2, -0.15) is 0 Å². The maximum absolute atomic E-state index is 10.8. The molecular weight excluding hydrogens is 230 g/mol. The van der Waals surface area contributed by atoms with Gasteiger partial charge in [0.15, 0.2) is 0 Å². The van der Waals surface area contributed by atoms with Gasteiger partial charge < -0.3 is 5.32 Å². The van der Waals surface area contributed by atoms with Gasteiger partial charge in [0.25, 0.3) is 5.69 Å². The summed E-state index contributed by atoms with van der Waals surface area (Å²) in [6.45, 7) is 8.12. The fourth-order valence-corrected chi connectivity index (χ4v) is 1.70. The summed E-state index contributed by atoms with van der Waals surface area (Å²) in [5.74, 6) is 1.23. The van der Waals surface area contributed by atoms with Gasteiger partial charge in [-0.3, -0.25) is 10.1 Å². The molecule has 0 bridgehead atoms. The summed E-state index contributed by atoms with van der Waals surface area (Å²) in [6.07, 6.45) is 3.69. The van der Waals surface area contributed by atoms with Crippen LogP contribution in [0.5, 0.6) is 0 Å². The predicted octanol–water partition coefficient (Wildman–Crippen LogP) is 3.53. The smallest absolute Gasteiger partial charge is 0.277 e. The monoisotopic (exact) mass is 251 g/mol. The van der Waals surface area contributed by atoms with Crippen molar-refractivity contribution in [1.29, 1.82) is 0 Å². The third-order valence-corrected chi connectivity index (χ3v) is 2.84. The third kappa shape index (κ3) is 4.31. The van der Waals surface area contributed by atoms with Gasteiger partial charge in [-0.1, -0.05) is 13.8 Å². The Kier molecular flexibility index (Phi) is 5.07. The molecule has 1 heterocycles. The SMILES string of the molecule is Cc1cnc(NC(C)CCC(C)C)cc1[N+](=O)[O-]. The Bertz CT molecular complexity index is 419. The molecule has 0 radical (unpaired) electrons. The second-order valence-corrected chi connectivity index (χ2v) is 5.13.